The van der Waals surface area contributed by atoms with Gasteiger partial charge in [0.1, 0.15) is 12.4 Å². The maximum atomic E-state index is 12.4. The third kappa shape index (κ3) is 4.34. The van der Waals surface area contributed by atoms with Crippen LogP contribution in [-0.2, 0) is 4.79 Å². The predicted octanol–water partition coefficient (Wildman–Crippen LogP) is 2.48. The fourth-order valence-electron chi connectivity index (χ4n) is 2.90. The minimum atomic E-state index is -0.342. The molecule has 6 nitrogen and oxygen atoms in total. The number of nitrogens with zero attached hydrogens (tertiary/aromatic N) is 1. The molecule has 0 aliphatic carbocycles. The van der Waals surface area contributed by atoms with E-state index in [2.05, 4.69) is 5.32 Å². The Kier molecular flexibility index (Phi) is 5.54. The predicted molar refractivity (Wildman–Crippen MR) is 101 cm³/mol. The first-order valence-electron chi connectivity index (χ1n) is 8.89. The van der Waals surface area contributed by atoms with Crippen molar-refractivity contribution < 1.29 is 19.1 Å². The van der Waals surface area contributed by atoms with Crippen LogP contribution in [0.5, 0.6) is 5.75 Å². The summed E-state index contributed by atoms with van der Waals surface area (Å²) in [5.74, 6) is -0.161. The average Bonchev–Trinajstić information content (AvgIpc) is 2.88. The molecule has 0 unspecified atom stereocenters. The molecule has 2 aromatic rings. The summed E-state index contributed by atoms with van der Waals surface area (Å²) >= 11 is 0. The first kappa shape index (κ1) is 18.6. The van der Waals surface area contributed by atoms with Crippen LogP contribution >= 0.6 is 0 Å². The Morgan fingerprint density at radius 2 is 1.63 bits per heavy atom. The normalized spacial score (nSPS) is 12.9. The third-order valence-corrected chi connectivity index (χ3v) is 4.40. The zero-order valence-corrected chi connectivity index (χ0v) is 15.5. The van der Waals surface area contributed by atoms with Gasteiger partial charge in [0, 0.05) is 13.0 Å². The average molecular weight is 366 g/mol. The van der Waals surface area contributed by atoms with Crippen LogP contribution in [0, 0.1) is 13.8 Å². The fraction of sp³-hybridized carbons (Fsp3) is 0.286. The van der Waals surface area contributed by atoms with Crippen LogP contribution < -0.4 is 10.1 Å². The van der Waals surface area contributed by atoms with Crippen molar-refractivity contribution >= 4 is 17.7 Å². The molecule has 3 amide bonds. The number of ether oxygens (including phenoxy) is 1. The van der Waals surface area contributed by atoms with Crippen LogP contribution in [-0.4, -0.2) is 42.3 Å². The molecule has 140 valence electrons. The SMILES string of the molecule is Cc1ccc(OCCNC(=O)CCN2C(=O)c3ccc(C)cc3C2=O)cc1. The van der Waals surface area contributed by atoms with E-state index in [4.69, 9.17) is 4.74 Å². The molecule has 0 atom stereocenters. The van der Waals surface area contributed by atoms with E-state index in [0.29, 0.717) is 24.3 Å². The second-order valence-electron chi connectivity index (χ2n) is 6.57. The summed E-state index contributed by atoms with van der Waals surface area (Å²) in [5.41, 5.74) is 2.88. The summed E-state index contributed by atoms with van der Waals surface area (Å²) in [4.78, 5) is 37.8. The number of amides is 3. The molecule has 1 aliphatic heterocycles. The molecule has 1 N–H and O–H groups in total. The molecule has 1 heterocycles. The Labute approximate surface area is 158 Å². The van der Waals surface area contributed by atoms with Crippen molar-refractivity contribution in [2.45, 2.75) is 20.3 Å². The number of rotatable bonds is 7. The van der Waals surface area contributed by atoms with E-state index >= 15 is 0 Å². The standard InChI is InChI=1S/C21H22N2O4/c1-14-3-6-16(7-4-14)27-12-10-22-19(24)9-11-23-20(25)17-8-5-15(2)13-18(17)21(23)26/h3-8,13H,9-12H2,1-2H3,(H,22,24). The van der Waals surface area contributed by atoms with Crippen LogP contribution in [0.4, 0.5) is 0 Å². The lowest BCUT2D eigenvalue weighted by molar-refractivity contribution is -0.121. The molecular formula is C21H22N2O4. The number of hydrogen-bond donors (Lipinski definition) is 1. The molecule has 0 aromatic heterocycles. The van der Waals surface area contributed by atoms with Gasteiger partial charge in [-0.05, 0) is 38.1 Å². The van der Waals surface area contributed by atoms with Gasteiger partial charge in [0.05, 0.1) is 17.7 Å². The quantitative estimate of drug-likeness (QED) is 0.603. The van der Waals surface area contributed by atoms with Crippen molar-refractivity contribution in [3.63, 3.8) is 0 Å². The van der Waals surface area contributed by atoms with Crippen LogP contribution in [0.2, 0.25) is 0 Å². The van der Waals surface area contributed by atoms with Gasteiger partial charge in [0.25, 0.3) is 11.8 Å². The number of carbonyl (C=O) groups excluding carboxylic acids is 3. The van der Waals surface area contributed by atoms with E-state index in [9.17, 15) is 14.4 Å². The highest BCUT2D eigenvalue weighted by Gasteiger charge is 2.35. The zero-order valence-electron chi connectivity index (χ0n) is 15.5. The molecule has 0 radical (unpaired) electrons. The molecule has 1 aliphatic rings. The maximum absolute atomic E-state index is 12.4. The van der Waals surface area contributed by atoms with Crippen molar-refractivity contribution in [3.8, 4) is 5.75 Å². The van der Waals surface area contributed by atoms with Crippen molar-refractivity contribution in [1.29, 1.82) is 0 Å². The smallest absolute Gasteiger partial charge is 0.261 e. The molecule has 0 fully saturated rings. The molecule has 3 rings (SSSR count). The molecule has 0 saturated heterocycles. The number of nitrogens with one attached hydrogen (secondary N) is 1. The van der Waals surface area contributed by atoms with Gasteiger partial charge < -0.3 is 10.1 Å². The van der Waals surface area contributed by atoms with E-state index in [1.54, 1.807) is 18.2 Å². The minimum absolute atomic E-state index is 0.0645. The van der Waals surface area contributed by atoms with Gasteiger partial charge in [-0.15, -0.1) is 0 Å². The van der Waals surface area contributed by atoms with Crippen LogP contribution in [0.15, 0.2) is 42.5 Å². The molecular weight excluding hydrogens is 344 g/mol. The summed E-state index contributed by atoms with van der Waals surface area (Å²) in [6.07, 6.45) is 0.0645. The summed E-state index contributed by atoms with van der Waals surface area (Å²) in [6.45, 7) is 4.64. The number of imide groups is 1. The highest BCUT2D eigenvalue weighted by Crippen LogP contribution is 2.23. The first-order chi connectivity index (χ1) is 13.0. The molecule has 27 heavy (non-hydrogen) atoms. The van der Waals surface area contributed by atoms with Crippen molar-refractivity contribution in [2.75, 3.05) is 19.7 Å². The number of aryl methyl sites for hydroxylation is 2. The summed E-state index contributed by atoms with van der Waals surface area (Å²) in [6, 6.07) is 12.8. The molecule has 0 saturated carbocycles. The highest BCUT2D eigenvalue weighted by atomic mass is 16.5. The fourth-order valence-corrected chi connectivity index (χ4v) is 2.90. The number of fused-ring (bicyclic) bond motifs is 1. The van der Waals surface area contributed by atoms with E-state index in [1.807, 2.05) is 38.1 Å². The molecule has 6 heteroatoms. The number of benzene rings is 2. The second kappa shape index (κ2) is 8.03. The maximum Gasteiger partial charge on any atom is 0.261 e. The summed E-state index contributed by atoms with van der Waals surface area (Å²) in [7, 11) is 0. The van der Waals surface area contributed by atoms with E-state index in [-0.39, 0.29) is 30.7 Å². The topological polar surface area (TPSA) is 75.7 Å². The van der Waals surface area contributed by atoms with Crippen LogP contribution in [0.25, 0.3) is 0 Å². The summed E-state index contributed by atoms with van der Waals surface area (Å²) in [5, 5.41) is 2.73. The largest absolute Gasteiger partial charge is 0.492 e. The Balaban J connectivity index is 1.42. The van der Waals surface area contributed by atoms with Gasteiger partial charge in [-0.1, -0.05) is 29.3 Å². The van der Waals surface area contributed by atoms with Crippen LogP contribution in [0.1, 0.15) is 38.3 Å². The van der Waals surface area contributed by atoms with Gasteiger partial charge in [-0.3, -0.25) is 19.3 Å². The lowest BCUT2D eigenvalue weighted by Crippen LogP contribution is -2.35. The molecule has 2 aromatic carbocycles. The van der Waals surface area contributed by atoms with Gasteiger partial charge in [0.15, 0.2) is 0 Å². The zero-order chi connectivity index (χ0) is 19.4. The number of carbonyl (C=O) groups is 3. The third-order valence-electron chi connectivity index (χ3n) is 4.40. The lowest BCUT2D eigenvalue weighted by Gasteiger charge is -2.13. The Hall–Kier alpha value is -3.15. The van der Waals surface area contributed by atoms with E-state index < -0.39 is 0 Å². The van der Waals surface area contributed by atoms with Crippen molar-refractivity contribution in [2.24, 2.45) is 0 Å². The van der Waals surface area contributed by atoms with Gasteiger partial charge in [-0.25, -0.2) is 0 Å². The second-order valence-corrected chi connectivity index (χ2v) is 6.57. The lowest BCUT2D eigenvalue weighted by atomic mass is 10.1. The number of hydrogen-bond acceptors (Lipinski definition) is 4. The Morgan fingerprint density at radius 3 is 2.37 bits per heavy atom. The Morgan fingerprint density at radius 1 is 0.963 bits per heavy atom. The Bertz CT molecular complexity index is 874. The van der Waals surface area contributed by atoms with Crippen LogP contribution in [0.3, 0.4) is 0 Å². The molecule has 0 spiro atoms. The van der Waals surface area contributed by atoms with E-state index in [1.165, 1.54) is 0 Å². The van der Waals surface area contributed by atoms with Gasteiger partial charge in [-0.2, -0.15) is 0 Å². The monoisotopic (exact) mass is 366 g/mol. The molecule has 0 bridgehead atoms. The first-order valence-corrected chi connectivity index (χ1v) is 8.89. The van der Waals surface area contributed by atoms with Crippen molar-refractivity contribution in [1.82, 2.24) is 10.2 Å². The minimum Gasteiger partial charge on any atom is -0.492 e. The highest BCUT2D eigenvalue weighted by molar-refractivity contribution is 6.21. The van der Waals surface area contributed by atoms with Gasteiger partial charge in [0.2, 0.25) is 5.91 Å². The van der Waals surface area contributed by atoms with E-state index in [0.717, 1.165) is 21.8 Å². The van der Waals surface area contributed by atoms with Gasteiger partial charge >= 0.3 is 0 Å². The summed E-state index contributed by atoms with van der Waals surface area (Å²) < 4.78 is 5.54. The van der Waals surface area contributed by atoms with Crippen molar-refractivity contribution in [3.05, 3.63) is 64.7 Å².